The number of primary amides is 1. The lowest BCUT2D eigenvalue weighted by Gasteiger charge is -2.29. The van der Waals surface area contributed by atoms with Crippen molar-refractivity contribution in [3.63, 3.8) is 0 Å². The van der Waals surface area contributed by atoms with Crippen molar-refractivity contribution in [1.29, 1.82) is 0 Å². The molecule has 1 fully saturated rings. The molecule has 0 aliphatic carbocycles. The van der Waals surface area contributed by atoms with Gasteiger partial charge in [0, 0.05) is 37.2 Å². The first kappa shape index (κ1) is 21.1. The molecule has 2 heterocycles. The van der Waals surface area contributed by atoms with Crippen LogP contribution in [0.4, 0.5) is 17.2 Å². The van der Waals surface area contributed by atoms with Crippen LogP contribution in [0.15, 0.2) is 36.5 Å². The monoisotopic (exact) mass is 396 g/mol. The van der Waals surface area contributed by atoms with E-state index in [9.17, 15) is 4.79 Å². The van der Waals surface area contributed by atoms with Crippen molar-refractivity contribution in [3.05, 3.63) is 47.7 Å². The molecule has 0 saturated carbocycles. The summed E-state index contributed by atoms with van der Waals surface area (Å²) in [5.74, 6) is 0.742. The van der Waals surface area contributed by atoms with Crippen molar-refractivity contribution in [1.82, 2.24) is 4.98 Å². The van der Waals surface area contributed by atoms with Crippen LogP contribution in [0, 0.1) is 5.41 Å². The van der Waals surface area contributed by atoms with Crippen LogP contribution in [0.2, 0.25) is 0 Å². The SMILES string of the molecule is CC(Nc1cc(Nc2ccc(C3CCOCC3)cc2)ncc1C(N)=O)C(C)(C)C. The Morgan fingerprint density at radius 2 is 1.86 bits per heavy atom. The first-order valence-electron chi connectivity index (χ1n) is 10.2. The number of hydrogen-bond acceptors (Lipinski definition) is 5. The van der Waals surface area contributed by atoms with E-state index in [2.05, 4.69) is 67.6 Å². The van der Waals surface area contributed by atoms with Gasteiger partial charge in [-0.25, -0.2) is 4.98 Å². The van der Waals surface area contributed by atoms with Crippen LogP contribution in [-0.4, -0.2) is 30.1 Å². The average molecular weight is 397 g/mol. The Morgan fingerprint density at radius 1 is 1.21 bits per heavy atom. The highest BCUT2D eigenvalue weighted by atomic mass is 16.5. The molecule has 1 amide bonds. The van der Waals surface area contributed by atoms with E-state index < -0.39 is 5.91 Å². The summed E-state index contributed by atoms with van der Waals surface area (Å²) in [6.45, 7) is 10.2. The molecule has 2 aromatic rings. The molecule has 1 unspecified atom stereocenters. The standard InChI is InChI=1S/C23H32N4O2/c1-15(23(2,3)4)26-20-13-21(25-14-19(20)22(24)28)27-18-7-5-16(6-8-18)17-9-11-29-12-10-17/h5-8,13-15,17H,9-12H2,1-4H3,(H2,24,28)(H2,25,26,27). The summed E-state index contributed by atoms with van der Waals surface area (Å²) in [5, 5.41) is 6.74. The topological polar surface area (TPSA) is 89.3 Å². The van der Waals surface area contributed by atoms with Gasteiger partial charge in [-0.3, -0.25) is 4.79 Å². The fourth-order valence-corrected chi connectivity index (χ4v) is 3.31. The summed E-state index contributed by atoms with van der Waals surface area (Å²) in [6, 6.07) is 10.5. The second-order valence-electron chi connectivity index (χ2n) is 8.85. The third-order valence-corrected chi connectivity index (χ3v) is 5.72. The Morgan fingerprint density at radius 3 is 2.45 bits per heavy atom. The van der Waals surface area contributed by atoms with E-state index in [1.165, 1.54) is 11.8 Å². The number of amides is 1. The molecule has 4 N–H and O–H groups in total. The second-order valence-corrected chi connectivity index (χ2v) is 8.85. The lowest BCUT2D eigenvalue weighted by molar-refractivity contribution is 0.0853. The first-order valence-corrected chi connectivity index (χ1v) is 10.2. The fourth-order valence-electron chi connectivity index (χ4n) is 3.31. The van der Waals surface area contributed by atoms with Crippen molar-refractivity contribution in [2.75, 3.05) is 23.8 Å². The number of benzene rings is 1. The zero-order chi connectivity index (χ0) is 21.0. The Balaban J connectivity index is 1.76. The minimum absolute atomic E-state index is 0.0335. The number of aromatic nitrogens is 1. The smallest absolute Gasteiger partial charge is 0.252 e. The number of nitrogens with two attached hydrogens (primary N) is 1. The lowest BCUT2D eigenvalue weighted by Crippen LogP contribution is -2.32. The van der Waals surface area contributed by atoms with Crippen molar-refractivity contribution >= 4 is 23.1 Å². The van der Waals surface area contributed by atoms with Gasteiger partial charge in [0.2, 0.25) is 0 Å². The second kappa shape index (κ2) is 8.82. The molecule has 29 heavy (non-hydrogen) atoms. The number of carbonyl (C=O) groups excluding carboxylic acids is 1. The van der Waals surface area contributed by atoms with Crippen LogP contribution in [0.3, 0.4) is 0 Å². The Hall–Kier alpha value is -2.60. The lowest BCUT2D eigenvalue weighted by atomic mass is 9.88. The molecule has 0 spiro atoms. The van der Waals surface area contributed by atoms with Gasteiger partial charge in [-0.2, -0.15) is 0 Å². The van der Waals surface area contributed by atoms with Crippen LogP contribution in [0.5, 0.6) is 0 Å². The van der Waals surface area contributed by atoms with Crippen LogP contribution in [-0.2, 0) is 4.74 Å². The van der Waals surface area contributed by atoms with E-state index in [4.69, 9.17) is 10.5 Å². The summed E-state index contributed by atoms with van der Waals surface area (Å²) < 4.78 is 5.45. The number of ether oxygens (including phenoxy) is 1. The molecule has 1 aromatic carbocycles. The van der Waals surface area contributed by atoms with Crippen LogP contribution in [0.25, 0.3) is 0 Å². The molecule has 1 aliphatic rings. The highest BCUT2D eigenvalue weighted by Crippen LogP contribution is 2.29. The van der Waals surface area contributed by atoms with E-state index in [0.717, 1.165) is 31.7 Å². The van der Waals surface area contributed by atoms with E-state index in [1.807, 2.05) is 6.07 Å². The van der Waals surface area contributed by atoms with Gasteiger partial charge in [-0.1, -0.05) is 32.9 Å². The first-order chi connectivity index (χ1) is 13.7. The van der Waals surface area contributed by atoms with E-state index >= 15 is 0 Å². The Kier molecular flexibility index (Phi) is 6.42. The van der Waals surface area contributed by atoms with Crippen molar-refractivity contribution in [2.45, 2.75) is 52.5 Å². The van der Waals surface area contributed by atoms with Gasteiger partial charge in [0.15, 0.2) is 0 Å². The molecule has 156 valence electrons. The molecule has 3 rings (SSSR count). The third kappa shape index (κ3) is 5.48. The predicted molar refractivity (Wildman–Crippen MR) is 118 cm³/mol. The Bertz CT molecular complexity index is 837. The van der Waals surface area contributed by atoms with Crippen LogP contribution < -0.4 is 16.4 Å². The molecule has 6 nitrogen and oxygen atoms in total. The quantitative estimate of drug-likeness (QED) is 0.660. The van der Waals surface area contributed by atoms with Gasteiger partial charge >= 0.3 is 0 Å². The molecule has 1 atom stereocenters. The highest BCUT2D eigenvalue weighted by Gasteiger charge is 2.22. The third-order valence-electron chi connectivity index (χ3n) is 5.72. The van der Waals surface area contributed by atoms with Crippen molar-refractivity contribution in [3.8, 4) is 0 Å². The van der Waals surface area contributed by atoms with E-state index in [-0.39, 0.29) is 11.5 Å². The maximum atomic E-state index is 11.8. The molecule has 0 bridgehead atoms. The van der Waals surface area contributed by atoms with Crippen molar-refractivity contribution < 1.29 is 9.53 Å². The molecule has 1 aromatic heterocycles. The van der Waals surface area contributed by atoms with Gasteiger partial charge in [0.1, 0.15) is 5.82 Å². The largest absolute Gasteiger partial charge is 0.381 e. The zero-order valence-electron chi connectivity index (χ0n) is 17.8. The van der Waals surface area contributed by atoms with Crippen LogP contribution >= 0.6 is 0 Å². The molecule has 1 saturated heterocycles. The predicted octanol–water partition coefficient (Wildman–Crippen LogP) is 4.66. The van der Waals surface area contributed by atoms with Crippen molar-refractivity contribution in [2.24, 2.45) is 11.1 Å². The molecular weight excluding hydrogens is 364 g/mol. The van der Waals surface area contributed by atoms with Gasteiger partial charge in [-0.15, -0.1) is 0 Å². The number of anilines is 3. The number of hydrogen-bond donors (Lipinski definition) is 3. The molecule has 0 radical (unpaired) electrons. The summed E-state index contributed by atoms with van der Waals surface area (Å²) in [5.41, 5.74) is 8.95. The number of rotatable bonds is 6. The minimum atomic E-state index is -0.492. The number of carbonyl (C=O) groups is 1. The Labute approximate surface area is 173 Å². The molecule has 6 heteroatoms. The minimum Gasteiger partial charge on any atom is -0.381 e. The van der Waals surface area contributed by atoms with E-state index in [1.54, 1.807) is 0 Å². The highest BCUT2D eigenvalue weighted by molar-refractivity contribution is 5.98. The fraction of sp³-hybridized carbons (Fsp3) is 0.478. The molecule has 1 aliphatic heterocycles. The van der Waals surface area contributed by atoms with Gasteiger partial charge < -0.3 is 21.1 Å². The summed E-state index contributed by atoms with van der Waals surface area (Å²) in [7, 11) is 0. The molecular formula is C23H32N4O2. The number of pyridine rings is 1. The van der Waals surface area contributed by atoms with Gasteiger partial charge in [-0.05, 0) is 48.8 Å². The average Bonchev–Trinajstić information content (AvgIpc) is 2.68. The zero-order valence-corrected chi connectivity index (χ0v) is 17.8. The summed E-state index contributed by atoms with van der Waals surface area (Å²) in [6.07, 6.45) is 3.67. The maximum absolute atomic E-state index is 11.8. The van der Waals surface area contributed by atoms with Gasteiger partial charge in [0.05, 0.1) is 11.3 Å². The van der Waals surface area contributed by atoms with E-state index in [0.29, 0.717) is 23.0 Å². The number of nitrogens with one attached hydrogen (secondary N) is 2. The normalized spacial score (nSPS) is 16.3. The summed E-state index contributed by atoms with van der Waals surface area (Å²) in [4.78, 5) is 16.2. The summed E-state index contributed by atoms with van der Waals surface area (Å²) >= 11 is 0. The van der Waals surface area contributed by atoms with Gasteiger partial charge in [0.25, 0.3) is 5.91 Å². The maximum Gasteiger partial charge on any atom is 0.252 e. The van der Waals surface area contributed by atoms with Crippen LogP contribution in [0.1, 0.15) is 62.4 Å². The number of nitrogens with zero attached hydrogens (tertiary/aromatic N) is 1.